The van der Waals surface area contributed by atoms with Crippen LogP contribution in [-0.2, 0) is 11.3 Å². The smallest absolute Gasteiger partial charge is 0.339 e. The SMILES string of the molecule is Cl.O=C(OCC(CCn1ccnc1)c1cccc2ccccc12)c1ccc(Cl)cc1Cl. The lowest BCUT2D eigenvalue weighted by molar-refractivity contribution is 0.0474. The third-order valence-corrected chi connectivity index (χ3v) is 5.67. The van der Waals surface area contributed by atoms with Gasteiger partial charge in [-0.05, 0) is 41.0 Å². The van der Waals surface area contributed by atoms with Gasteiger partial charge in [-0.25, -0.2) is 9.78 Å². The average Bonchev–Trinajstić information content (AvgIpc) is 3.27. The molecule has 1 atom stereocenters. The molecule has 0 aliphatic carbocycles. The van der Waals surface area contributed by atoms with Crippen LogP contribution in [-0.4, -0.2) is 22.1 Å². The third kappa shape index (κ3) is 5.59. The molecule has 7 heteroatoms. The number of benzene rings is 3. The van der Waals surface area contributed by atoms with Crippen LogP contribution in [0, 0.1) is 0 Å². The van der Waals surface area contributed by atoms with Gasteiger partial charge in [0, 0.05) is 29.9 Å². The Balaban J connectivity index is 0.00000272. The van der Waals surface area contributed by atoms with Gasteiger partial charge >= 0.3 is 5.97 Å². The summed E-state index contributed by atoms with van der Waals surface area (Å²) in [7, 11) is 0. The number of aromatic nitrogens is 2. The topological polar surface area (TPSA) is 44.1 Å². The van der Waals surface area contributed by atoms with Crippen molar-refractivity contribution in [2.75, 3.05) is 6.61 Å². The Hall–Kier alpha value is -2.53. The summed E-state index contributed by atoms with van der Waals surface area (Å²) in [6, 6.07) is 19.2. The quantitative estimate of drug-likeness (QED) is 0.276. The van der Waals surface area contributed by atoms with Gasteiger partial charge in [0.05, 0.1) is 23.5 Å². The minimum atomic E-state index is -0.454. The Labute approximate surface area is 197 Å². The van der Waals surface area contributed by atoms with Crippen molar-refractivity contribution in [2.45, 2.75) is 18.9 Å². The molecule has 0 radical (unpaired) electrons. The van der Waals surface area contributed by atoms with E-state index in [0.29, 0.717) is 10.6 Å². The summed E-state index contributed by atoms with van der Waals surface area (Å²) in [6.45, 7) is 1.02. The van der Waals surface area contributed by atoms with Crippen LogP contribution in [0.2, 0.25) is 10.0 Å². The molecule has 1 aromatic heterocycles. The van der Waals surface area contributed by atoms with Crippen LogP contribution < -0.4 is 0 Å². The van der Waals surface area contributed by atoms with E-state index in [1.807, 2.05) is 29.0 Å². The van der Waals surface area contributed by atoms with Crippen LogP contribution in [0.1, 0.15) is 28.3 Å². The number of fused-ring (bicyclic) bond motifs is 1. The fourth-order valence-corrected chi connectivity index (χ4v) is 4.05. The van der Waals surface area contributed by atoms with Gasteiger partial charge in [0.25, 0.3) is 0 Å². The maximum Gasteiger partial charge on any atom is 0.339 e. The lowest BCUT2D eigenvalue weighted by Crippen LogP contribution is -2.15. The number of esters is 1. The molecule has 1 unspecified atom stereocenters. The van der Waals surface area contributed by atoms with Gasteiger partial charge in [-0.2, -0.15) is 0 Å². The van der Waals surface area contributed by atoms with E-state index in [9.17, 15) is 4.79 Å². The van der Waals surface area contributed by atoms with E-state index < -0.39 is 5.97 Å². The van der Waals surface area contributed by atoms with Crippen molar-refractivity contribution in [1.29, 1.82) is 0 Å². The standard InChI is InChI=1S/C24H20Cl2N2O2.ClH/c25-19-8-9-22(23(26)14-19)24(29)30-15-18(10-12-28-13-11-27-16-28)21-7-3-5-17-4-1-2-6-20(17)21;/h1-9,11,13-14,16,18H,10,12,15H2;1H. The van der Waals surface area contributed by atoms with E-state index in [2.05, 4.69) is 29.2 Å². The van der Waals surface area contributed by atoms with Crippen LogP contribution in [0.5, 0.6) is 0 Å². The van der Waals surface area contributed by atoms with Crippen molar-refractivity contribution in [2.24, 2.45) is 0 Å². The fraction of sp³-hybridized carbons (Fsp3) is 0.167. The molecule has 0 aliphatic rings. The van der Waals surface area contributed by atoms with E-state index in [0.717, 1.165) is 29.3 Å². The molecular formula is C24H21Cl3N2O2. The summed E-state index contributed by atoms with van der Waals surface area (Å²) in [5.74, 6) is -0.432. The molecule has 160 valence electrons. The van der Waals surface area contributed by atoms with E-state index in [1.165, 1.54) is 0 Å². The van der Waals surface area contributed by atoms with E-state index in [4.69, 9.17) is 27.9 Å². The number of hydrogen-bond donors (Lipinski definition) is 0. The van der Waals surface area contributed by atoms with Crippen molar-refractivity contribution in [3.63, 3.8) is 0 Å². The predicted molar refractivity (Wildman–Crippen MR) is 128 cm³/mol. The summed E-state index contributed by atoms with van der Waals surface area (Å²) in [5, 5.41) is 3.09. The van der Waals surface area contributed by atoms with Gasteiger partial charge in [0.2, 0.25) is 0 Å². The zero-order valence-electron chi connectivity index (χ0n) is 16.6. The molecule has 3 aromatic carbocycles. The number of rotatable bonds is 7. The van der Waals surface area contributed by atoms with Gasteiger partial charge < -0.3 is 9.30 Å². The molecule has 4 rings (SSSR count). The second-order valence-electron chi connectivity index (χ2n) is 7.08. The number of ether oxygens (including phenoxy) is 1. The molecule has 0 saturated carbocycles. The minimum absolute atomic E-state index is 0. The molecule has 0 aliphatic heterocycles. The Morgan fingerprint density at radius 1 is 1.06 bits per heavy atom. The Bertz CT molecular complexity index is 1160. The van der Waals surface area contributed by atoms with Crippen molar-refractivity contribution in [3.8, 4) is 0 Å². The van der Waals surface area contributed by atoms with Gasteiger partial charge in [0.15, 0.2) is 0 Å². The molecular weight excluding hydrogens is 455 g/mol. The first-order valence-corrected chi connectivity index (χ1v) is 10.4. The highest BCUT2D eigenvalue weighted by molar-refractivity contribution is 6.36. The summed E-state index contributed by atoms with van der Waals surface area (Å²) in [6.07, 6.45) is 6.28. The molecule has 0 fully saturated rings. The molecule has 0 bridgehead atoms. The van der Waals surface area contributed by atoms with Gasteiger partial charge in [-0.15, -0.1) is 12.4 Å². The zero-order valence-corrected chi connectivity index (χ0v) is 18.9. The Morgan fingerprint density at radius 3 is 2.65 bits per heavy atom. The average molecular weight is 476 g/mol. The summed E-state index contributed by atoms with van der Waals surface area (Å²) < 4.78 is 7.72. The Kier molecular flexibility index (Phi) is 7.97. The molecule has 0 amide bonds. The number of carbonyl (C=O) groups excluding carboxylic acids is 1. The number of halogens is 3. The van der Waals surface area contributed by atoms with Crippen LogP contribution in [0.3, 0.4) is 0 Å². The highest BCUT2D eigenvalue weighted by Gasteiger charge is 2.19. The lowest BCUT2D eigenvalue weighted by atomic mass is 9.91. The number of aryl methyl sites for hydroxylation is 1. The largest absolute Gasteiger partial charge is 0.461 e. The maximum atomic E-state index is 12.6. The van der Waals surface area contributed by atoms with Gasteiger partial charge in [-0.1, -0.05) is 65.7 Å². The zero-order chi connectivity index (χ0) is 20.9. The number of hydrogen-bond acceptors (Lipinski definition) is 3. The first-order chi connectivity index (χ1) is 14.6. The van der Waals surface area contributed by atoms with Crippen LogP contribution in [0.15, 0.2) is 79.4 Å². The number of nitrogens with zero attached hydrogens (tertiary/aromatic N) is 2. The molecule has 4 nitrogen and oxygen atoms in total. The molecule has 31 heavy (non-hydrogen) atoms. The van der Waals surface area contributed by atoms with E-state index in [1.54, 1.807) is 30.7 Å². The predicted octanol–water partition coefficient (Wildman–Crippen LogP) is 6.80. The van der Waals surface area contributed by atoms with Crippen molar-refractivity contribution in [3.05, 3.63) is 101 Å². The molecule has 0 N–H and O–H groups in total. The molecule has 4 aromatic rings. The first-order valence-electron chi connectivity index (χ1n) is 9.67. The summed E-state index contributed by atoms with van der Waals surface area (Å²) >= 11 is 12.1. The van der Waals surface area contributed by atoms with Crippen LogP contribution >= 0.6 is 35.6 Å². The van der Waals surface area contributed by atoms with Crippen LogP contribution in [0.25, 0.3) is 10.8 Å². The maximum absolute atomic E-state index is 12.6. The van der Waals surface area contributed by atoms with Gasteiger partial charge in [-0.3, -0.25) is 0 Å². The summed E-state index contributed by atoms with van der Waals surface area (Å²) in [5.41, 5.74) is 1.47. The van der Waals surface area contributed by atoms with E-state index >= 15 is 0 Å². The first kappa shape index (κ1) is 23.1. The van der Waals surface area contributed by atoms with Gasteiger partial charge in [0.1, 0.15) is 0 Å². The second-order valence-corrected chi connectivity index (χ2v) is 7.92. The fourth-order valence-electron chi connectivity index (χ4n) is 3.57. The van der Waals surface area contributed by atoms with E-state index in [-0.39, 0.29) is 30.0 Å². The van der Waals surface area contributed by atoms with Crippen molar-refractivity contribution >= 4 is 52.4 Å². The third-order valence-electron chi connectivity index (χ3n) is 5.12. The monoisotopic (exact) mass is 474 g/mol. The Morgan fingerprint density at radius 2 is 1.87 bits per heavy atom. The van der Waals surface area contributed by atoms with Crippen LogP contribution in [0.4, 0.5) is 0 Å². The minimum Gasteiger partial charge on any atom is -0.461 e. The molecule has 0 saturated heterocycles. The van der Waals surface area contributed by atoms with Crippen molar-refractivity contribution in [1.82, 2.24) is 9.55 Å². The number of imidazole rings is 1. The second kappa shape index (κ2) is 10.7. The normalized spacial score (nSPS) is 11.7. The van der Waals surface area contributed by atoms with Crippen molar-refractivity contribution < 1.29 is 9.53 Å². The summed E-state index contributed by atoms with van der Waals surface area (Å²) in [4.78, 5) is 16.7. The highest BCUT2D eigenvalue weighted by Crippen LogP contribution is 2.30. The molecule has 0 spiro atoms. The number of carbonyl (C=O) groups is 1. The lowest BCUT2D eigenvalue weighted by Gasteiger charge is -2.20. The highest BCUT2D eigenvalue weighted by atomic mass is 35.5. The molecule has 1 heterocycles.